The zero-order valence-corrected chi connectivity index (χ0v) is 14.5. The van der Waals surface area contributed by atoms with Crippen LogP contribution in [0.1, 0.15) is 33.8 Å². The minimum Gasteiger partial charge on any atom is -0.507 e. The molecule has 0 spiro atoms. The van der Waals surface area contributed by atoms with Gasteiger partial charge in [0.2, 0.25) is 0 Å². The van der Waals surface area contributed by atoms with Gasteiger partial charge < -0.3 is 19.7 Å². The molecule has 1 fully saturated rings. The van der Waals surface area contributed by atoms with E-state index >= 15 is 0 Å². The average molecular weight is 393 g/mol. The molecule has 1 aliphatic heterocycles. The van der Waals surface area contributed by atoms with Crippen molar-refractivity contribution in [1.82, 2.24) is 10.2 Å². The van der Waals surface area contributed by atoms with E-state index in [1.165, 1.54) is 6.07 Å². The molecule has 24 heavy (non-hydrogen) atoms. The summed E-state index contributed by atoms with van der Waals surface area (Å²) in [5, 5.41) is 12.6. The highest BCUT2D eigenvalue weighted by atomic mass is 79.9. The zero-order chi connectivity index (χ0) is 17.1. The highest BCUT2D eigenvalue weighted by Crippen LogP contribution is 2.20. The van der Waals surface area contributed by atoms with E-state index < -0.39 is 0 Å². The first-order chi connectivity index (χ1) is 11.5. The van der Waals surface area contributed by atoms with Crippen molar-refractivity contribution in [2.45, 2.75) is 18.9 Å². The van der Waals surface area contributed by atoms with Crippen molar-refractivity contribution in [3.8, 4) is 5.75 Å². The molecule has 1 aromatic heterocycles. The van der Waals surface area contributed by atoms with Crippen molar-refractivity contribution in [2.24, 2.45) is 0 Å². The summed E-state index contributed by atoms with van der Waals surface area (Å²) in [5.74, 6) is -0.177. The van der Waals surface area contributed by atoms with E-state index in [0.29, 0.717) is 36.4 Å². The van der Waals surface area contributed by atoms with Crippen LogP contribution in [0.4, 0.5) is 0 Å². The van der Waals surface area contributed by atoms with Gasteiger partial charge in [0.1, 0.15) is 5.75 Å². The third-order valence-electron chi connectivity index (χ3n) is 4.05. The summed E-state index contributed by atoms with van der Waals surface area (Å²) in [7, 11) is 0. The van der Waals surface area contributed by atoms with Gasteiger partial charge in [-0.3, -0.25) is 9.59 Å². The van der Waals surface area contributed by atoms with Crippen LogP contribution in [0.5, 0.6) is 5.75 Å². The van der Waals surface area contributed by atoms with Crippen LogP contribution in [0, 0.1) is 0 Å². The normalized spacial score (nSPS) is 15.3. The number of nitrogens with one attached hydrogen (secondary N) is 1. The topological polar surface area (TPSA) is 82.8 Å². The van der Waals surface area contributed by atoms with E-state index in [1.807, 2.05) is 0 Å². The van der Waals surface area contributed by atoms with E-state index in [2.05, 4.69) is 21.2 Å². The van der Waals surface area contributed by atoms with Crippen LogP contribution in [0.25, 0.3) is 0 Å². The third-order valence-corrected chi connectivity index (χ3v) is 4.48. The second-order valence-corrected chi connectivity index (χ2v) is 6.44. The number of benzene rings is 1. The summed E-state index contributed by atoms with van der Waals surface area (Å²) in [4.78, 5) is 26.2. The Labute approximate surface area is 147 Å². The van der Waals surface area contributed by atoms with E-state index in [9.17, 15) is 14.7 Å². The number of piperidine rings is 1. The molecule has 1 aliphatic rings. The number of halogens is 1. The van der Waals surface area contributed by atoms with Gasteiger partial charge >= 0.3 is 0 Å². The number of para-hydroxylation sites is 1. The molecule has 2 amide bonds. The number of carbonyl (C=O) groups excluding carboxylic acids is 2. The van der Waals surface area contributed by atoms with Gasteiger partial charge in [0.15, 0.2) is 10.4 Å². The number of carbonyl (C=O) groups is 2. The Kier molecular flexibility index (Phi) is 4.89. The number of amides is 2. The molecule has 0 atom stereocenters. The Morgan fingerprint density at radius 3 is 2.50 bits per heavy atom. The molecule has 0 bridgehead atoms. The number of hydrogen-bond acceptors (Lipinski definition) is 4. The number of rotatable bonds is 3. The van der Waals surface area contributed by atoms with Crippen LogP contribution < -0.4 is 5.32 Å². The minimum atomic E-state index is -0.298. The molecule has 0 aliphatic carbocycles. The molecule has 2 N–H and O–H groups in total. The van der Waals surface area contributed by atoms with Crippen molar-refractivity contribution in [3.05, 3.63) is 52.4 Å². The van der Waals surface area contributed by atoms with Gasteiger partial charge in [-0.15, -0.1) is 0 Å². The average Bonchev–Trinajstić information content (AvgIpc) is 3.02. The van der Waals surface area contributed by atoms with E-state index in [1.54, 1.807) is 35.2 Å². The number of aromatic hydroxyl groups is 1. The van der Waals surface area contributed by atoms with Gasteiger partial charge in [0, 0.05) is 19.1 Å². The summed E-state index contributed by atoms with van der Waals surface area (Å²) in [6.07, 6.45) is 1.32. The predicted molar refractivity (Wildman–Crippen MR) is 90.9 cm³/mol. The Morgan fingerprint density at radius 1 is 1.17 bits per heavy atom. The van der Waals surface area contributed by atoms with Gasteiger partial charge in [-0.25, -0.2) is 0 Å². The Morgan fingerprint density at radius 2 is 1.88 bits per heavy atom. The van der Waals surface area contributed by atoms with Gasteiger partial charge in [-0.1, -0.05) is 12.1 Å². The summed E-state index contributed by atoms with van der Waals surface area (Å²) >= 11 is 3.18. The highest BCUT2D eigenvalue weighted by molar-refractivity contribution is 9.10. The fraction of sp³-hybridized carbons (Fsp3) is 0.294. The van der Waals surface area contributed by atoms with Gasteiger partial charge in [-0.2, -0.15) is 0 Å². The minimum absolute atomic E-state index is 0.0236. The maximum atomic E-state index is 12.3. The quantitative estimate of drug-likeness (QED) is 0.840. The standard InChI is InChI=1S/C17H17BrN2O4/c18-15-6-5-14(24-15)17(23)20-9-7-11(8-10-20)19-16(22)12-3-1-2-4-13(12)21/h1-6,11,21H,7-10H2,(H,19,22). The first kappa shape index (κ1) is 16.6. The van der Waals surface area contributed by atoms with Crippen molar-refractivity contribution < 1.29 is 19.1 Å². The number of phenols is 1. The Bertz CT molecular complexity index is 751. The van der Waals surface area contributed by atoms with Crippen LogP contribution in [-0.4, -0.2) is 41.0 Å². The fourth-order valence-corrected chi connectivity index (χ4v) is 3.05. The molecule has 1 aromatic carbocycles. The van der Waals surface area contributed by atoms with Gasteiger partial charge in [0.05, 0.1) is 5.56 Å². The second kappa shape index (κ2) is 7.09. The third kappa shape index (κ3) is 3.62. The van der Waals surface area contributed by atoms with Gasteiger partial charge in [-0.05, 0) is 53.0 Å². The largest absolute Gasteiger partial charge is 0.507 e. The number of likely N-dealkylation sites (tertiary alicyclic amines) is 1. The van der Waals surface area contributed by atoms with Crippen LogP contribution >= 0.6 is 15.9 Å². The Balaban J connectivity index is 1.55. The smallest absolute Gasteiger partial charge is 0.289 e. The lowest BCUT2D eigenvalue weighted by Crippen LogP contribution is -2.46. The van der Waals surface area contributed by atoms with Crippen LogP contribution in [0.15, 0.2) is 45.5 Å². The van der Waals surface area contributed by atoms with Crippen molar-refractivity contribution in [2.75, 3.05) is 13.1 Å². The van der Waals surface area contributed by atoms with Crippen LogP contribution in [-0.2, 0) is 0 Å². The molecule has 3 rings (SSSR count). The van der Waals surface area contributed by atoms with Crippen LogP contribution in [0.3, 0.4) is 0 Å². The number of nitrogens with zero attached hydrogens (tertiary/aromatic N) is 1. The maximum absolute atomic E-state index is 12.3. The molecule has 2 heterocycles. The molecular formula is C17H17BrN2O4. The molecule has 2 aromatic rings. The zero-order valence-electron chi connectivity index (χ0n) is 12.9. The fourth-order valence-electron chi connectivity index (χ4n) is 2.74. The second-order valence-electron chi connectivity index (χ2n) is 5.66. The molecule has 0 unspecified atom stereocenters. The summed E-state index contributed by atoms with van der Waals surface area (Å²) < 4.78 is 5.81. The monoisotopic (exact) mass is 392 g/mol. The SMILES string of the molecule is O=C(NC1CCN(C(=O)c2ccc(Br)o2)CC1)c1ccccc1O. The van der Waals surface area contributed by atoms with Crippen molar-refractivity contribution in [3.63, 3.8) is 0 Å². The lowest BCUT2D eigenvalue weighted by Gasteiger charge is -2.31. The first-order valence-electron chi connectivity index (χ1n) is 7.68. The first-order valence-corrected chi connectivity index (χ1v) is 8.47. The lowest BCUT2D eigenvalue weighted by molar-refractivity contribution is 0.0666. The molecule has 126 valence electrons. The lowest BCUT2D eigenvalue weighted by atomic mass is 10.0. The molecule has 0 radical (unpaired) electrons. The molecule has 1 saturated heterocycles. The summed E-state index contributed by atoms with van der Waals surface area (Å²) in [6.45, 7) is 1.09. The maximum Gasteiger partial charge on any atom is 0.289 e. The van der Waals surface area contributed by atoms with E-state index in [-0.39, 0.29) is 29.2 Å². The Hall–Kier alpha value is -2.28. The summed E-state index contributed by atoms with van der Waals surface area (Å²) in [5.41, 5.74) is 0.261. The number of phenolic OH excluding ortho intramolecular Hbond substituents is 1. The summed E-state index contributed by atoms with van der Waals surface area (Å²) in [6, 6.07) is 9.74. The van der Waals surface area contributed by atoms with Crippen molar-refractivity contribution >= 4 is 27.7 Å². The highest BCUT2D eigenvalue weighted by Gasteiger charge is 2.26. The molecule has 7 heteroatoms. The number of hydrogen-bond donors (Lipinski definition) is 2. The van der Waals surface area contributed by atoms with E-state index in [0.717, 1.165) is 0 Å². The molecule has 0 saturated carbocycles. The molecular weight excluding hydrogens is 376 g/mol. The number of furan rings is 1. The molecule has 6 nitrogen and oxygen atoms in total. The van der Waals surface area contributed by atoms with Crippen LogP contribution in [0.2, 0.25) is 0 Å². The predicted octanol–water partition coefficient (Wildman–Crippen LogP) is 2.78. The van der Waals surface area contributed by atoms with E-state index in [4.69, 9.17) is 4.42 Å². The van der Waals surface area contributed by atoms with Gasteiger partial charge in [0.25, 0.3) is 11.8 Å². The van der Waals surface area contributed by atoms with Crippen molar-refractivity contribution in [1.29, 1.82) is 0 Å².